The lowest BCUT2D eigenvalue weighted by Crippen LogP contribution is -2.55. The molecule has 0 saturated carbocycles. The molecule has 118 valence electrons. The largest absolute Gasteiger partial charge is 0.479 e. The third-order valence-electron chi connectivity index (χ3n) is 2.96. The van der Waals surface area contributed by atoms with Crippen molar-refractivity contribution in [1.82, 2.24) is 20.6 Å². The van der Waals surface area contributed by atoms with Crippen LogP contribution >= 0.6 is 0 Å². The molecule has 1 heterocycles. The monoisotopic (exact) mass is 298 g/mol. The molecule has 0 aliphatic carbocycles. The van der Waals surface area contributed by atoms with Gasteiger partial charge in [-0.2, -0.15) is 0 Å². The normalized spacial score (nSPS) is 13.6. The molecule has 1 unspecified atom stereocenters. The van der Waals surface area contributed by atoms with Crippen LogP contribution in [-0.4, -0.2) is 52.9 Å². The van der Waals surface area contributed by atoms with Crippen molar-refractivity contribution < 1.29 is 19.4 Å². The maximum atomic E-state index is 11.8. The van der Waals surface area contributed by atoms with Gasteiger partial charge < -0.3 is 14.8 Å². The van der Waals surface area contributed by atoms with Gasteiger partial charge in [-0.25, -0.2) is 9.78 Å². The molecule has 0 saturated heterocycles. The Hall–Kier alpha value is -1.93. The molecule has 21 heavy (non-hydrogen) atoms. The summed E-state index contributed by atoms with van der Waals surface area (Å²) in [6, 6.07) is -0.773. The summed E-state index contributed by atoms with van der Waals surface area (Å²) >= 11 is 0. The number of nitrogens with zero attached hydrogens (tertiary/aromatic N) is 1. The minimum Gasteiger partial charge on any atom is -0.479 e. The van der Waals surface area contributed by atoms with E-state index in [0.29, 0.717) is 6.54 Å². The lowest BCUT2D eigenvalue weighted by molar-refractivity contribution is -0.145. The van der Waals surface area contributed by atoms with E-state index in [0.717, 1.165) is 18.5 Å². The number of esters is 1. The number of aliphatic carboxylic acids is 1. The van der Waals surface area contributed by atoms with Crippen LogP contribution in [0, 0.1) is 0 Å². The molecule has 1 rings (SSSR count). The minimum absolute atomic E-state index is 0.270. The molecule has 0 amide bonds. The minimum atomic E-state index is -1.07. The number of ether oxygens (including phenoxy) is 1. The van der Waals surface area contributed by atoms with Gasteiger partial charge in [-0.1, -0.05) is 13.3 Å². The van der Waals surface area contributed by atoms with Crippen LogP contribution in [0.4, 0.5) is 0 Å². The molecule has 8 nitrogen and oxygen atoms in total. The number of imidazole rings is 1. The van der Waals surface area contributed by atoms with Gasteiger partial charge >= 0.3 is 11.9 Å². The summed E-state index contributed by atoms with van der Waals surface area (Å²) in [5.41, 5.74) is 0.718. The average molecular weight is 298 g/mol. The summed E-state index contributed by atoms with van der Waals surface area (Å²) in [5, 5.41) is 14.8. The molecule has 0 radical (unpaired) electrons. The number of H-pyrrole nitrogens is 1. The lowest BCUT2D eigenvalue weighted by Gasteiger charge is -2.22. The highest BCUT2D eigenvalue weighted by Crippen LogP contribution is 2.02. The molecule has 8 heteroatoms. The van der Waals surface area contributed by atoms with Crippen molar-refractivity contribution in [3.8, 4) is 0 Å². The Morgan fingerprint density at radius 1 is 1.52 bits per heavy atom. The highest BCUT2D eigenvalue weighted by atomic mass is 16.5. The predicted molar refractivity (Wildman–Crippen MR) is 75.6 cm³/mol. The van der Waals surface area contributed by atoms with Crippen LogP contribution in [0.2, 0.25) is 0 Å². The summed E-state index contributed by atoms with van der Waals surface area (Å²) in [5.74, 6) is -1.59. The van der Waals surface area contributed by atoms with E-state index in [1.165, 1.54) is 13.4 Å². The van der Waals surface area contributed by atoms with Gasteiger partial charge in [0.2, 0.25) is 0 Å². The Morgan fingerprint density at radius 2 is 2.29 bits per heavy atom. The standard InChI is InChI=1S/C13H22N4O4/c1-3-4-5-15-11(12(18)19)17-10(13(20)21-2)6-9-7-14-8-16-9/h7-8,10-11,15,17H,3-6H2,1-2H3,(H,14,16)(H,18,19)/t10-,11?/m0/s1. The van der Waals surface area contributed by atoms with Crippen LogP contribution in [0.25, 0.3) is 0 Å². The molecular weight excluding hydrogens is 276 g/mol. The predicted octanol–water partition coefficient (Wildman–Crippen LogP) is -0.116. The smallest absolute Gasteiger partial charge is 0.335 e. The van der Waals surface area contributed by atoms with Crippen molar-refractivity contribution in [3.63, 3.8) is 0 Å². The SMILES string of the molecule is CCCCNC(N[C@@H](Cc1cnc[nH]1)C(=O)OC)C(=O)O. The summed E-state index contributed by atoms with van der Waals surface area (Å²) < 4.78 is 4.71. The third-order valence-corrected chi connectivity index (χ3v) is 2.96. The number of carboxylic acids is 1. The average Bonchev–Trinajstić information content (AvgIpc) is 2.97. The van der Waals surface area contributed by atoms with E-state index < -0.39 is 24.1 Å². The first-order chi connectivity index (χ1) is 10.1. The van der Waals surface area contributed by atoms with Crippen molar-refractivity contribution >= 4 is 11.9 Å². The van der Waals surface area contributed by atoms with Crippen LogP contribution in [0.3, 0.4) is 0 Å². The van der Waals surface area contributed by atoms with Gasteiger partial charge in [-0.15, -0.1) is 0 Å². The molecule has 0 aromatic carbocycles. The molecule has 4 N–H and O–H groups in total. The number of carbonyl (C=O) groups excluding carboxylic acids is 1. The quantitative estimate of drug-likeness (QED) is 0.270. The first kappa shape index (κ1) is 17.1. The number of rotatable bonds is 10. The first-order valence-electron chi connectivity index (χ1n) is 6.85. The van der Waals surface area contributed by atoms with Crippen LogP contribution in [-0.2, 0) is 20.7 Å². The van der Waals surface area contributed by atoms with Crippen molar-refractivity contribution in [2.24, 2.45) is 0 Å². The van der Waals surface area contributed by atoms with E-state index in [2.05, 4.69) is 20.6 Å². The highest BCUT2D eigenvalue weighted by molar-refractivity contribution is 5.78. The Bertz CT molecular complexity index is 435. The van der Waals surface area contributed by atoms with Gasteiger partial charge in [0.15, 0.2) is 6.17 Å². The number of hydrogen-bond acceptors (Lipinski definition) is 6. The van der Waals surface area contributed by atoms with E-state index in [4.69, 9.17) is 4.74 Å². The zero-order chi connectivity index (χ0) is 15.7. The van der Waals surface area contributed by atoms with E-state index in [1.807, 2.05) is 6.92 Å². The molecule has 1 aromatic rings. The van der Waals surface area contributed by atoms with Crippen molar-refractivity contribution in [2.45, 2.75) is 38.4 Å². The Kier molecular flexibility index (Phi) is 7.41. The first-order valence-corrected chi connectivity index (χ1v) is 6.85. The molecule has 0 bridgehead atoms. The fourth-order valence-corrected chi connectivity index (χ4v) is 1.81. The van der Waals surface area contributed by atoms with Gasteiger partial charge in [0.1, 0.15) is 6.04 Å². The maximum Gasteiger partial charge on any atom is 0.335 e. The molecule has 2 atom stereocenters. The zero-order valence-electron chi connectivity index (χ0n) is 12.3. The van der Waals surface area contributed by atoms with Crippen molar-refractivity contribution in [1.29, 1.82) is 0 Å². The number of nitrogens with one attached hydrogen (secondary N) is 3. The molecule has 0 spiro atoms. The van der Waals surface area contributed by atoms with E-state index in [9.17, 15) is 14.7 Å². The summed E-state index contributed by atoms with van der Waals surface area (Å²) in [6.07, 6.45) is 4.15. The van der Waals surface area contributed by atoms with Gasteiger partial charge in [0.25, 0.3) is 0 Å². The van der Waals surface area contributed by atoms with E-state index >= 15 is 0 Å². The van der Waals surface area contributed by atoms with E-state index in [1.54, 1.807) is 6.20 Å². The lowest BCUT2D eigenvalue weighted by atomic mass is 10.1. The Morgan fingerprint density at radius 3 is 2.81 bits per heavy atom. The molecule has 0 fully saturated rings. The van der Waals surface area contributed by atoms with Crippen LogP contribution in [0.5, 0.6) is 0 Å². The van der Waals surface area contributed by atoms with E-state index in [-0.39, 0.29) is 6.42 Å². The fraction of sp³-hybridized carbons (Fsp3) is 0.615. The number of carboxylic acid groups (broad SMARTS) is 1. The number of aromatic nitrogens is 2. The second-order valence-electron chi connectivity index (χ2n) is 4.60. The topological polar surface area (TPSA) is 116 Å². The number of unbranched alkanes of at least 4 members (excludes halogenated alkanes) is 1. The maximum absolute atomic E-state index is 11.8. The summed E-state index contributed by atoms with van der Waals surface area (Å²) in [4.78, 5) is 29.8. The van der Waals surface area contributed by atoms with Crippen LogP contribution in [0.15, 0.2) is 12.5 Å². The van der Waals surface area contributed by atoms with Crippen molar-refractivity contribution in [2.75, 3.05) is 13.7 Å². The summed E-state index contributed by atoms with van der Waals surface area (Å²) in [6.45, 7) is 2.57. The number of carbonyl (C=O) groups is 2. The molecule has 1 aromatic heterocycles. The highest BCUT2D eigenvalue weighted by Gasteiger charge is 2.27. The number of aromatic amines is 1. The second kappa shape index (κ2) is 9.09. The number of hydrogen-bond donors (Lipinski definition) is 4. The number of methoxy groups -OCH3 is 1. The Labute approximate surface area is 123 Å². The zero-order valence-corrected chi connectivity index (χ0v) is 12.3. The Balaban J connectivity index is 2.67. The van der Waals surface area contributed by atoms with Gasteiger partial charge in [-0.3, -0.25) is 15.4 Å². The van der Waals surface area contributed by atoms with Gasteiger partial charge in [0, 0.05) is 18.3 Å². The van der Waals surface area contributed by atoms with Crippen LogP contribution < -0.4 is 10.6 Å². The van der Waals surface area contributed by atoms with Gasteiger partial charge in [0.05, 0.1) is 13.4 Å². The van der Waals surface area contributed by atoms with Crippen molar-refractivity contribution in [3.05, 3.63) is 18.2 Å². The summed E-state index contributed by atoms with van der Waals surface area (Å²) in [7, 11) is 1.27. The van der Waals surface area contributed by atoms with Gasteiger partial charge in [-0.05, 0) is 13.0 Å². The second-order valence-corrected chi connectivity index (χ2v) is 4.60. The molecular formula is C13H22N4O4. The van der Waals surface area contributed by atoms with Crippen LogP contribution in [0.1, 0.15) is 25.5 Å². The third kappa shape index (κ3) is 5.92. The fourth-order valence-electron chi connectivity index (χ4n) is 1.81. The molecule has 0 aliphatic heterocycles. The molecule has 0 aliphatic rings.